The number of hydrogen-bond donors (Lipinski definition) is 2. The average Bonchev–Trinajstić information content (AvgIpc) is 3.78. The quantitative estimate of drug-likeness (QED) is 0.136. The standard InChI is InChI=1S/C43H59N5O5Si/c1-30(2)15-14-16-31(3)22-26-48-38-21-20-34(47-24-13-8-7-12-19-40(47)50)27-36(38)43(42(48)51)32(4)41(54(5,6)52)39(53-43)23-25-46-28-37(44-45-46)35(29-49)33-17-10-9-11-18-33/h9-11,15,17-18,20-22,27-28,32,35,39,41,49,52H,7-8,12-14,16,19,23-26,29H2,1-6H3/b31-22+/t32-,35?,39+,41-,43+/m0/s1. The van der Waals surface area contributed by atoms with Crippen molar-refractivity contribution in [1.29, 1.82) is 0 Å². The van der Waals surface area contributed by atoms with E-state index in [2.05, 4.69) is 50.2 Å². The van der Waals surface area contributed by atoms with Gasteiger partial charge >= 0.3 is 0 Å². The molecule has 6 rings (SSSR count). The summed E-state index contributed by atoms with van der Waals surface area (Å²) in [5.41, 5.74) is 4.97. The largest absolute Gasteiger partial charge is 0.432 e. The Morgan fingerprint density at radius 2 is 1.81 bits per heavy atom. The Morgan fingerprint density at radius 1 is 1.06 bits per heavy atom. The number of benzene rings is 2. The molecule has 0 saturated carbocycles. The van der Waals surface area contributed by atoms with Gasteiger partial charge in [0, 0.05) is 55.0 Å². The molecule has 1 spiro atoms. The second-order valence-corrected chi connectivity index (χ2v) is 20.4. The molecule has 3 aliphatic heterocycles. The normalized spacial score (nSPS) is 24.1. The topological polar surface area (TPSA) is 121 Å². The molecule has 5 atom stereocenters. The lowest BCUT2D eigenvalue weighted by molar-refractivity contribution is -0.145. The van der Waals surface area contributed by atoms with Crippen molar-refractivity contribution >= 4 is 31.5 Å². The number of amides is 2. The molecule has 1 unspecified atom stereocenters. The highest BCUT2D eigenvalue weighted by Crippen LogP contribution is 2.60. The second kappa shape index (κ2) is 16.9. The number of carbonyl (C=O) groups excluding carboxylic acids is 2. The molecule has 290 valence electrons. The van der Waals surface area contributed by atoms with Gasteiger partial charge in [-0.3, -0.25) is 14.3 Å². The third-order valence-electron chi connectivity index (χ3n) is 11.8. The molecule has 54 heavy (non-hydrogen) atoms. The summed E-state index contributed by atoms with van der Waals surface area (Å²) in [5.74, 6) is -0.616. The zero-order valence-corrected chi connectivity index (χ0v) is 34.0. The molecule has 2 aromatic carbocycles. The minimum Gasteiger partial charge on any atom is -0.432 e. The van der Waals surface area contributed by atoms with Crippen molar-refractivity contribution in [3.8, 4) is 0 Å². The minimum absolute atomic E-state index is 0.0892. The summed E-state index contributed by atoms with van der Waals surface area (Å²) in [7, 11) is -2.90. The molecule has 2 fully saturated rings. The van der Waals surface area contributed by atoms with Crippen LogP contribution in [0.15, 0.2) is 78.0 Å². The number of aliphatic hydroxyl groups excluding tert-OH is 1. The summed E-state index contributed by atoms with van der Waals surface area (Å²) in [6.07, 6.45) is 12.7. The molecule has 2 amide bonds. The number of anilines is 2. The van der Waals surface area contributed by atoms with E-state index in [-0.39, 0.29) is 35.8 Å². The van der Waals surface area contributed by atoms with E-state index in [9.17, 15) is 14.7 Å². The van der Waals surface area contributed by atoms with Crippen molar-refractivity contribution in [2.75, 3.05) is 29.5 Å². The average molecular weight is 754 g/mol. The van der Waals surface area contributed by atoms with Crippen LogP contribution in [0.1, 0.15) is 102 Å². The fraction of sp³-hybridized carbons (Fsp3) is 0.535. The Hall–Kier alpha value is -3.90. The Bertz CT molecular complexity index is 1850. The van der Waals surface area contributed by atoms with Crippen LogP contribution in [0.2, 0.25) is 18.6 Å². The van der Waals surface area contributed by atoms with Gasteiger partial charge in [-0.25, -0.2) is 0 Å². The maximum atomic E-state index is 15.1. The van der Waals surface area contributed by atoms with Crippen LogP contribution in [-0.2, 0) is 26.5 Å². The summed E-state index contributed by atoms with van der Waals surface area (Å²) < 4.78 is 8.93. The summed E-state index contributed by atoms with van der Waals surface area (Å²) in [6, 6.07) is 15.8. The molecule has 0 radical (unpaired) electrons. The lowest BCUT2D eigenvalue weighted by atomic mass is 9.82. The number of aromatic nitrogens is 3. The number of aryl methyl sites for hydroxylation is 1. The van der Waals surface area contributed by atoms with Crippen molar-refractivity contribution < 1.29 is 24.2 Å². The van der Waals surface area contributed by atoms with Crippen LogP contribution >= 0.6 is 0 Å². The number of allylic oxidation sites excluding steroid dienone is 3. The highest BCUT2D eigenvalue weighted by molar-refractivity contribution is 6.71. The fourth-order valence-electron chi connectivity index (χ4n) is 8.95. The van der Waals surface area contributed by atoms with Gasteiger partial charge in [0.25, 0.3) is 5.91 Å². The van der Waals surface area contributed by atoms with E-state index >= 15 is 4.79 Å². The number of fused-ring (bicyclic) bond motifs is 2. The van der Waals surface area contributed by atoms with Crippen LogP contribution in [0.25, 0.3) is 0 Å². The lowest BCUT2D eigenvalue weighted by Crippen LogP contribution is -2.46. The van der Waals surface area contributed by atoms with Gasteiger partial charge in [0.15, 0.2) is 13.9 Å². The van der Waals surface area contributed by atoms with Gasteiger partial charge in [-0.2, -0.15) is 0 Å². The monoisotopic (exact) mass is 753 g/mol. The number of ether oxygens (including phenoxy) is 1. The molecular formula is C43H59N5O5Si. The predicted octanol–water partition coefficient (Wildman–Crippen LogP) is 7.63. The molecule has 1 aromatic heterocycles. The van der Waals surface area contributed by atoms with E-state index in [4.69, 9.17) is 4.74 Å². The van der Waals surface area contributed by atoms with Gasteiger partial charge in [-0.05, 0) is 89.7 Å². The molecule has 3 aromatic rings. The molecule has 4 heterocycles. The molecule has 10 nitrogen and oxygen atoms in total. The SMILES string of the molecule is CC(C)=CCC/C(C)=C/CN1C(=O)[C@]2(O[C@H](CCn3cc(C(CO)c4ccccc4)nn3)[C@@H]([Si](C)(C)O)[C@@H]2C)c2cc(N3CCCCCCC3=O)ccc21. The molecule has 0 bridgehead atoms. The van der Waals surface area contributed by atoms with Crippen molar-refractivity contribution in [2.45, 2.75) is 122 Å². The first-order valence-corrected chi connectivity index (χ1v) is 22.9. The van der Waals surface area contributed by atoms with Crippen LogP contribution in [0, 0.1) is 5.92 Å². The maximum absolute atomic E-state index is 15.1. The second-order valence-electron chi connectivity index (χ2n) is 16.4. The fourth-order valence-corrected chi connectivity index (χ4v) is 11.6. The molecule has 3 aliphatic rings. The predicted molar refractivity (Wildman–Crippen MR) is 216 cm³/mol. The van der Waals surface area contributed by atoms with E-state index in [0.29, 0.717) is 38.2 Å². The zero-order chi connectivity index (χ0) is 38.6. The van der Waals surface area contributed by atoms with Crippen LogP contribution < -0.4 is 9.80 Å². The van der Waals surface area contributed by atoms with Crippen LogP contribution in [-0.4, -0.2) is 70.8 Å². The summed E-state index contributed by atoms with van der Waals surface area (Å²) in [4.78, 5) is 44.1. The maximum Gasteiger partial charge on any atom is 0.264 e. The lowest BCUT2D eigenvalue weighted by Gasteiger charge is -2.33. The Kier molecular flexibility index (Phi) is 12.4. The van der Waals surface area contributed by atoms with Crippen LogP contribution in [0.5, 0.6) is 0 Å². The van der Waals surface area contributed by atoms with E-state index in [0.717, 1.165) is 61.0 Å². The number of rotatable bonds is 13. The van der Waals surface area contributed by atoms with E-state index in [1.165, 1.54) is 11.1 Å². The minimum atomic E-state index is -2.90. The first kappa shape index (κ1) is 39.8. The van der Waals surface area contributed by atoms with Gasteiger partial charge in [0.05, 0.1) is 30.0 Å². The highest BCUT2D eigenvalue weighted by atomic mass is 28.4. The number of hydrogen-bond acceptors (Lipinski definition) is 7. The Labute approximate surface area is 322 Å². The number of nitrogens with zero attached hydrogens (tertiary/aromatic N) is 5. The molecular weight excluding hydrogens is 695 g/mol. The molecule has 2 saturated heterocycles. The van der Waals surface area contributed by atoms with Crippen molar-refractivity contribution in [3.63, 3.8) is 0 Å². The van der Waals surface area contributed by atoms with Gasteiger partial charge < -0.3 is 24.4 Å². The van der Waals surface area contributed by atoms with Gasteiger partial charge in [0.1, 0.15) is 0 Å². The summed E-state index contributed by atoms with van der Waals surface area (Å²) in [5, 5.41) is 19.1. The summed E-state index contributed by atoms with van der Waals surface area (Å²) in [6.45, 7) is 13.7. The Morgan fingerprint density at radius 3 is 2.54 bits per heavy atom. The Balaban J connectivity index is 1.33. The zero-order valence-electron chi connectivity index (χ0n) is 33.0. The van der Waals surface area contributed by atoms with Crippen molar-refractivity contribution in [3.05, 3.63) is 94.8 Å². The van der Waals surface area contributed by atoms with Crippen molar-refractivity contribution in [2.24, 2.45) is 5.92 Å². The molecule has 11 heteroatoms. The van der Waals surface area contributed by atoms with E-state index in [1.807, 2.05) is 77.6 Å². The third-order valence-corrected chi connectivity index (χ3v) is 14.3. The molecule has 0 aliphatic carbocycles. The van der Waals surface area contributed by atoms with Gasteiger partial charge in [-0.1, -0.05) is 78.6 Å². The first-order valence-electron chi connectivity index (χ1n) is 19.9. The highest BCUT2D eigenvalue weighted by Gasteiger charge is 2.66. The van der Waals surface area contributed by atoms with E-state index < -0.39 is 20.0 Å². The number of aliphatic hydroxyl groups is 1. The van der Waals surface area contributed by atoms with Crippen LogP contribution in [0.4, 0.5) is 11.4 Å². The van der Waals surface area contributed by atoms with Gasteiger partial charge in [-0.15, -0.1) is 5.10 Å². The third kappa shape index (κ3) is 8.20. The summed E-state index contributed by atoms with van der Waals surface area (Å²) >= 11 is 0. The van der Waals surface area contributed by atoms with Crippen molar-refractivity contribution in [1.82, 2.24) is 15.0 Å². The first-order chi connectivity index (χ1) is 25.8. The smallest absolute Gasteiger partial charge is 0.264 e. The van der Waals surface area contributed by atoms with Gasteiger partial charge in [0.2, 0.25) is 5.91 Å². The number of carbonyl (C=O) groups is 2. The van der Waals surface area contributed by atoms with Crippen LogP contribution in [0.3, 0.4) is 0 Å². The molecule has 2 N–H and O–H groups in total. The van der Waals surface area contributed by atoms with E-state index in [1.54, 1.807) is 4.68 Å².